The van der Waals surface area contributed by atoms with E-state index in [1.165, 1.54) is 0 Å². The largest absolute Gasteiger partial charge is 0.416 e. The molecule has 20 heavy (non-hydrogen) atoms. The van der Waals surface area contributed by atoms with Gasteiger partial charge in [0.25, 0.3) is 0 Å². The summed E-state index contributed by atoms with van der Waals surface area (Å²) in [7, 11) is 0. The molecule has 0 saturated carbocycles. The lowest BCUT2D eigenvalue weighted by molar-refractivity contribution is -0.143. The minimum atomic E-state index is -4.86. The fourth-order valence-electron chi connectivity index (χ4n) is 2.09. The van der Waals surface area contributed by atoms with Gasteiger partial charge in [0.15, 0.2) is 0 Å². The van der Waals surface area contributed by atoms with E-state index in [1.54, 1.807) is 0 Å². The maximum atomic E-state index is 12.7. The number of halogens is 6. The highest BCUT2D eigenvalue weighted by Crippen LogP contribution is 2.39. The van der Waals surface area contributed by atoms with Crippen molar-refractivity contribution in [2.75, 3.05) is 6.61 Å². The Balaban J connectivity index is 2.51. The van der Waals surface area contributed by atoms with Gasteiger partial charge in [0.2, 0.25) is 0 Å². The third-order valence-electron chi connectivity index (χ3n) is 3.08. The molecule has 1 fully saturated rings. The number of benzene rings is 1. The SMILES string of the molecule is NC1CCOC1c1cc(C(F)(F)F)cc(C(F)(F)F)c1. The van der Waals surface area contributed by atoms with Gasteiger partial charge >= 0.3 is 12.4 Å². The summed E-state index contributed by atoms with van der Waals surface area (Å²) in [5, 5.41) is 0. The fourth-order valence-corrected chi connectivity index (χ4v) is 2.09. The minimum Gasteiger partial charge on any atom is -0.372 e. The van der Waals surface area contributed by atoms with Gasteiger partial charge in [0.05, 0.1) is 17.2 Å². The average molecular weight is 299 g/mol. The second kappa shape index (κ2) is 4.92. The first-order valence-electron chi connectivity index (χ1n) is 5.75. The van der Waals surface area contributed by atoms with E-state index in [9.17, 15) is 26.3 Å². The van der Waals surface area contributed by atoms with Crippen molar-refractivity contribution in [2.24, 2.45) is 5.73 Å². The van der Waals surface area contributed by atoms with Crippen LogP contribution in [0.15, 0.2) is 18.2 Å². The Kier molecular flexibility index (Phi) is 3.72. The Morgan fingerprint density at radius 1 is 0.950 bits per heavy atom. The van der Waals surface area contributed by atoms with Crippen molar-refractivity contribution in [3.8, 4) is 0 Å². The summed E-state index contributed by atoms with van der Waals surface area (Å²) in [6.45, 7) is 0.212. The van der Waals surface area contributed by atoms with Crippen molar-refractivity contribution in [1.82, 2.24) is 0 Å². The van der Waals surface area contributed by atoms with Crippen LogP contribution in [-0.4, -0.2) is 12.6 Å². The number of rotatable bonds is 1. The first-order chi connectivity index (χ1) is 9.09. The number of ether oxygens (including phenoxy) is 1. The van der Waals surface area contributed by atoms with Gasteiger partial charge < -0.3 is 10.5 Å². The second-order valence-electron chi connectivity index (χ2n) is 4.58. The second-order valence-corrected chi connectivity index (χ2v) is 4.58. The Morgan fingerprint density at radius 2 is 1.45 bits per heavy atom. The zero-order chi connectivity index (χ0) is 15.1. The van der Waals surface area contributed by atoms with Crippen LogP contribution in [-0.2, 0) is 17.1 Å². The van der Waals surface area contributed by atoms with Crippen LogP contribution in [0.1, 0.15) is 29.2 Å². The van der Waals surface area contributed by atoms with Crippen LogP contribution in [0, 0.1) is 0 Å². The Bertz CT molecular complexity index is 463. The molecule has 1 aromatic rings. The van der Waals surface area contributed by atoms with E-state index in [2.05, 4.69) is 0 Å². The van der Waals surface area contributed by atoms with E-state index in [0.29, 0.717) is 18.6 Å². The molecule has 1 aliphatic heterocycles. The van der Waals surface area contributed by atoms with Gasteiger partial charge in [-0.15, -0.1) is 0 Å². The monoisotopic (exact) mass is 299 g/mol. The molecule has 1 heterocycles. The summed E-state index contributed by atoms with van der Waals surface area (Å²) in [4.78, 5) is 0. The maximum Gasteiger partial charge on any atom is 0.416 e. The van der Waals surface area contributed by atoms with E-state index >= 15 is 0 Å². The topological polar surface area (TPSA) is 35.2 Å². The molecule has 1 aliphatic rings. The highest BCUT2D eigenvalue weighted by Gasteiger charge is 2.38. The molecule has 0 amide bonds. The fraction of sp³-hybridized carbons (Fsp3) is 0.500. The summed E-state index contributed by atoms with van der Waals surface area (Å²) in [5.41, 5.74) is 2.73. The Morgan fingerprint density at radius 3 is 1.80 bits per heavy atom. The number of hydrogen-bond acceptors (Lipinski definition) is 2. The van der Waals surface area contributed by atoms with Crippen molar-refractivity contribution < 1.29 is 31.1 Å². The molecule has 2 rings (SSSR count). The molecule has 2 N–H and O–H groups in total. The summed E-state index contributed by atoms with van der Waals surface area (Å²) in [6, 6.07) is 0.791. The molecule has 0 spiro atoms. The lowest BCUT2D eigenvalue weighted by atomic mass is 9.97. The van der Waals surface area contributed by atoms with Crippen molar-refractivity contribution in [1.29, 1.82) is 0 Å². The predicted molar refractivity (Wildman–Crippen MR) is 57.7 cm³/mol. The lowest BCUT2D eigenvalue weighted by Crippen LogP contribution is -2.24. The van der Waals surface area contributed by atoms with Crippen LogP contribution < -0.4 is 5.73 Å². The van der Waals surface area contributed by atoms with Crippen LogP contribution in [0.2, 0.25) is 0 Å². The molecule has 0 bridgehead atoms. The van der Waals surface area contributed by atoms with Crippen molar-refractivity contribution in [2.45, 2.75) is 30.9 Å². The minimum absolute atomic E-state index is 0.0873. The van der Waals surface area contributed by atoms with Crippen LogP contribution in [0.25, 0.3) is 0 Å². The van der Waals surface area contributed by atoms with Crippen molar-refractivity contribution in [3.05, 3.63) is 34.9 Å². The van der Waals surface area contributed by atoms with Gasteiger partial charge in [-0.2, -0.15) is 26.3 Å². The lowest BCUT2D eigenvalue weighted by Gasteiger charge is -2.19. The molecule has 2 nitrogen and oxygen atoms in total. The van der Waals surface area contributed by atoms with Gasteiger partial charge in [-0.1, -0.05) is 0 Å². The van der Waals surface area contributed by atoms with Crippen molar-refractivity contribution in [3.63, 3.8) is 0 Å². The molecule has 0 aliphatic carbocycles. The molecule has 1 aromatic carbocycles. The molecular weight excluding hydrogens is 288 g/mol. The standard InChI is InChI=1S/C12H11F6NO/c13-11(14,15)7-3-6(10-9(19)1-2-20-10)4-8(5-7)12(16,17)18/h3-5,9-10H,1-2,19H2. The zero-order valence-corrected chi connectivity index (χ0v) is 10.1. The maximum absolute atomic E-state index is 12.7. The number of hydrogen-bond donors (Lipinski definition) is 1. The normalized spacial score (nSPS) is 24.1. The van der Waals surface area contributed by atoms with E-state index in [1.807, 2.05) is 0 Å². The third kappa shape index (κ3) is 3.06. The van der Waals surface area contributed by atoms with Crippen molar-refractivity contribution >= 4 is 0 Å². The average Bonchev–Trinajstić information content (AvgIpc) is 2.72. The van der Waals surface area contributed by atoms with Gasteiger partial charge in [0, 0.05) is 12.6 Å². The van der Waals surface area contributed by atoms with E-state index < -0.39 is 35.6 Å². The Labute approximate surface area is 110 Å². The molecule has 1 saturated heterocycles. The van der Waals surface area contributed by atoms with Gasteiger partial charge in [0.1, 0.15) is 0 Å². The van der Waals surface area contributed by atoms with Crippen LogP contribution in [0.4, 0.5) is 26.3 Å². The number of nitrogens with two attached hydrogens (primary N) is 1. The predicted octanol–water partition coefficient (Wildman–Crippen LogP) is 3.51. The smallest absolute Gasteiger partial charge is 0.372 e. The highest BCUT2D eigenvalue weighted by atomic mass is 19.4. The molecule has 0 aromatic heterocycles. The van der Waals surface area contributed by atoms with Crippen LogP contribution >= 0.6 is 0 Å². The van der Waals surface area contributed by atoms with Gasteiger partial charge in [-0.05, 0) is 30.2 Å². The molecular formula is C12H11F6NO. The molecule has 2 unspecified atom stereocenters. The highest BCUT2D eigenvalue weighted by molar-refractivity contribution is 5.35. The number of alkyl halides is 6. The molecule has 112 valence electrons. The quantitative estimate of drug-likeness (QED) is 0.805. The molecule has 0 radical (unpaired) electrons. The van der Waals surface area contributed by atoms with E-state index in [4.69, 9.17) is 10.5 Å². The summed E-state index contributed by atoms with van der Waals surface area (Å²) in [6.07, 6.45) is -10.3. The van der Waals surface area contributed by atoms with E-state index in [-0.39, 0.29) is 18.2 Å². The first-order valence-corrected chi connectivity index (χ1v) is 5.75. The van der Waals surface area contributed by atoms with Crippen LogP contribution in [0.5, 0.6) is 0 Å². The van der Waals surface area contributed by atoms with E-state index in [0.717, 1.165) is 0 Å². The third-order valence-corrected chi connectivity index (χ3v) is 3.08. The summed E-state index contributed by atoms with van der Waals surface area (Å²) in [5.74, 6) is 0. The van der Waals surface area contributed by atoms with Crippen LogP contribution in [0.3, 0.4) is 0 Å². The summed E-state index contributed by atoms with van der Waals surface area (Å²) < 4.78 is 81.2. The van der Waals surface area contributed by atoms with Gasteiger partial charge in [-0.3, -0.25) is 0 Å². The Hall–Kier alpha value is -1.28. The molecule has 2 atom stereocenters. The summed E-state index contributed by atoms with van der Waals surface area (Å²) >= 11 is 0. The van der Waals surface area contributed by atoms with Gasteiger partial charge in [-0.25, -0.2) is 0 Å². The first kappa shape index (κ1) is 15.1. The zero-order valence-electron chi connectivity index (χ0n) is 10.1. The molecule has 8 heteroatoms.